The number of aliphatic hydroxyl groups excluding tert-OH is 1. The lowest BCUT2D eigenvalue weighted by Crippen LogP contribution is -2.48. The Hall–Kier alpha value is -1.40. The molecule has 0 aromatic carbocycles. The summed E-state index contributed by atoms with van der Waals surface area (Å²) in [6, 6.07) is 1.26. The largest absolute Gasteiger partial charge is 0.394 e. The average molecular weight is 242 g/mol. The predicted molar refractivity (Wildman–Crippen MR) is 62.1 cm³/mol. The van der Waals surface area contributed by atoms with Gasteiger partial charge in [-0.3, -0.25) is 14.5 Å². The minimum atomic E-state index is -0.527. The quantitative estimate of drug-likeness (QED) is 0.810. The van der Waals surface area contributed by atoms with E-state index in [0.29, 0.717) is 5.76 Å². The van der Waals surface area contributed by atoms with Gasteiger partial charge in [-0.1, -0.05) is 0 Å². The highest BCUT2D eigenvalue weighted by Gasteiger charge is 2.25. The molecule has 1 aromatic heterocycles. The molecule has 0 saturated carbocycles. The van der Waals surface area contributed by atoms with Crippen LogP contribution < -0.4 is 5.56 Å². The van der Waals surface area contributed by atoms with Gasteiger partial charge in [-0.25, -0.2) is 0 Å². The lowest BCUT2D eigenvalue weighted by Gasteiger charge is -2.32. The molecule has 6 heteroatoms. The third kappa shape index (κ3) is 3.04. The van der Waals surface area contributed by atoms with Crippen molar-refractivity contribution in [2.24, 2.45) is 0 Å². The molecule has 0 radical (unpaired) electrons. The Morgan fingerprint density at radius 3 is 2.59 bits per heavy atom. The van der Waals surface area contributed by atoms with E-state index in [1.54, 1.807) is 32.7 Å². The van der Waals surface area contributed by atoms with Gasteiger partial charge >= 0.3 is 0 Å². The first-order valence-corrected chi connectivity index (χ1v) is 5.33. The minimum Gasteiger partial charge on any atom is -0.394 e. The summed E-state index contributed by atoms with van der Waals surface area (Å²) in [5.74, 6) is -0.0560. The van der Waals surface area contributed by atoms with Crippen LogP contribution in [0.15, 0.2) is 15.4 Å². The number of carbonyl (C=O) groups excluding carboxylic acids is 1. The molecule has 0 aliphatic carbocycles. The zero-order valence-corrected chi connectivity index (χ0v) is 10.6. The maximum atomic E-state index is 11.8. The van der Waals surface area contributed by atoms with Crippen LogP contribution in [0, 0.1) is 6.92 Å². The number of likely N-dealkylation sites (N-methyl/N-ethyl adjacent to an activating group) is 1. The Morgan fingerprint density at radius 2 is 2.18 bits per heavy atom. The summed E-state index contributed by atoms with van der Waals surface area (Å²) in [5.41, 5.74) is -0.997. The number of aryl methyl sites for hydroxylation is 1. The van der Waals surface area contributed by atoms with Crippen LogP contribution in [0.1, 0.15) is 24.4 Å². The molecule has 96 valence electrons. The number of aromatic nitrogens is 1. The summed E-state index contributed by atoms with van der Waals surface area (Å²) in [6.07, 6.45) is 0. The van der Waals surface area contributed by atoms with E-state index < -0.39 is 17.0 Å². The zero-order chi connectivity index (χ0) is 13.2. The molecule has 0 unspecified atom stereocenters. The van der Waals surface area contributed by atoms with Crippen molar-refractivity contribution in [3.63, 3.8) is 0 Å². The van der Waals surface area contributed by atoms with Gasteiger partial charge in [-0.15, -0.1) is 4.74 Å². The van der Waals surface area contributed by atoms with E-state index in [0.717, 1.165) is 4.74 Å². The molecule has 0 fully saturated rings. The van der Waals surface area contributed by atoms with Crippen molar-refractivity contribution in [3.8, 4) is 0 Å². The van der Waals surface area contributed by atoms with Crippen LogP contribution in [-0.2, 0) is 0 Å². The number of hydrogen-bond acceptors (Lipinski definition) is 5. The number of aliphatic hydroxyl groups is 1. The van der Waals surface area contributed by atoms with Crippen LogP contribution in [0.2, 0.25) is 0 Å². The SMILES string of the molecule is Cc1cc(=O)n(C(=O)CN(C)C(C)(C)CO)o1. The third-order valence-corrected chi connectivity index (χ3v) is 2.78. The van der Waals surface area contributed by atoms with E-state index in [1.807, 2.05) is 0 Å². The summed E-state index contributed by atoms with van der Waals surface area (Å²) < 4.78 is 5.72. The van der Waals surface area contributed by atoms with Crippen molar-refractivity contribution >= 4 is 5.91 Å². The second kappa shape index (κ2) is 4.85. The van der Waals surface area contributed by atoms with Crippen LogP contribution in [0.5, 0.6) is 0 Å². The molecule has 0 amide bonds. The molecule has 1 aromatic rings. The van der Waals surface area contributed by atoms with Gasteiger partial charge in [0.05, 0.1) is 13.2 Å². The fourth-order valence-electron chi connectivity index (χ4n) is 1.22. The molecule has 0 aliphatic rings. The van der Waals surface area contributed by atoms with Crippen LogP contribution in [0.4, 0.5) is 0 Å². The number of rotatable bonds is 4. The van der Waals surface area contributed by atoms with Crippen molar-refractivity contribution < 1.29 is 14.4 Å². The highest BCUT2D eigenvalue weighted by Crippen LogP contribution is 2.10. The smallest absolute Gasteiger partial charge is 0.290 e. The lowest BCUT2D eigenvalue weighted by atomic mass is 10.1. The van der Waals surface area contributed by atoms with Crippen LogP contribution >= 0.6 is 0 Å². The van der Waals surface area contributed by atoms with Crippen LogP contribution in [-0.4, -0.2) is 46.4 Å². The van der Waals surface area contributed by atoms with Crippen LogP contribution in [0.25, 0.3) is 0 Å². The van der Waals surface area contributed by atoms with Gasteiger partial charge in [0.15, 0.2) is 0 Å². The number of carbonyl (C=O) groups is 1. The highest BCUT2D eigenvalue weighted by atomic mass is 16.5. The molecule has 0 saturated heterocycles. The first kappa shape index (κ1) is 13.7. The Balaban J connectivity index is 2.80. The maximum Gasteiger partial charge on any atom is 0.290 e. The van der Waals surface area contributed by atoms with E-state index in [9.17, 15) is 9.59 Å². The summed E-state index contributed by atoms with van der Waals surface area (Å²) >= 11 is 0. The molecule has 1 rings (SSSR count). The lowest BCUT2D eigenvalue weighted by molar-refractivity contribution is 0.0513. The van der Waals surface area contributed by atoms with Crippen molar-refractivity contribution in [2.45, 2.75) is 26.3 Å². The van der Waals surface area contributed by atoms with E-state index in [1.165, 1.54) is 6.07 Å². The Morgan fingerprint density at radius 1 is 1.59 bits per heavy atom. The fourth-order valence-corrected chi connectivity index (χ4v) is 1.22. The molecule has 0 aliphatic heterocycles. The number of hydrogen-bond donors (Lipinski definition) is 1. The highest BCUT2D eigenvalue weighted by molar-refractivity contribution is 5.79. The average Bonchev–Trinajstić information content (AvgIpc) is 2.57. The normalized spacial score (nSPS) is 12.1. The summed E-state index contributed by atoms with van der Waals surface area (Å²) in [6.45, 7) is 5.13. The molecule has 6 nitrogen and oxygen atoms in total. The standard InChI is InChI=1S/C11H18N2O4/c1-8-5-9(15)13(17-8)10(16)6-12(4)11(2,3)7-14/h5,14H,6-7H2,1-4H3. The molecule has 1 heterocycles. The Bertz CT molecular complexity index is 458. The summed E-state index contributed by atoms with van der Waals surface area (Å²) in [4.78, 5) is 24.8. The van der Waals surface area contributed by atoms with Gasteiger partial charge in [0.25, 0.3) is 11.5 Å². The van der Waals surface area contributed by atoms with Crippen molar-refractivity contribution in [1.82, 2.24) is 9.64 Å². The van der Waals surface area contributed by atoms with E-state index in [2.05, 4.69) is 0 Å². The Kier molecular flexibility index (Phi) is 3.90. The maximum absolute atomic E-state index is 11.8. The molecule has 17 heavy (non-hydrogen) atoms. The van der Waals surface area contributed by atoms with Gasteiger partial charge < -0.3 is 9.63 Å². The predicted octanol–water partition coefficient (Wildman–Crippen LogP) is 0.0926. The fraction of sp³-hybridized carbons (Fsp3) is 0.636. The molecule has 1 N–H and O–H groups in total. The Labute approximate surface area is 99.4 Å². The van der Waals surface area contributed by atoms with Crippen molar-refractivity contribution in [3.05, 3.63) is 22.2 Å². The van der Waals surface area contributed by atoms with Gasteiger partial charge in [0.2, 0.25) is 0 Å². The minimum absolute atomic E-state index is 0.000417. The summed E-state index contributed by atoms with van der Waals surface area (Å²) in [5, 5.41) is 9.16. The first-order chi connectivity index (χ1) is 7.77. The number of nitrogens with zero attached hydrogens (tertiary/aromatic N) is 2. The van der Waals surface area contributed by atoms with E-state index in [4.69, 9.17) is 9.63 Å². The van der Waals surface area contributed by atoms with Crippen molar-refractivity contribution in [2.75, 3.05) is 20.2 Å². The van der Waals surface area contributed by atoms with Gasteiger partial charge in [0, 0.05) is 11.6 Å². The first-order valence-electron chi connectivity index (χ1n) is 5.33. The second-order valence-electron chi connectivity index (χ2n) is 4.70. The van der Waals surface area contributed by atoms with Gasteiger partial charge in [-0.05, 0) is 27.8 Å². The topological polar surface area (TPSA) is 75.7 Å². The van der Waals surface area contributed by atoms with Crippen molar-refractivity contribution in [1.29, 1.82) is 0 Å². The monoisotopic (exact) mass is 242 g/mol. The van der Waals surface area contributed by atoms with Gasteiger partial charge in [-0.2, -0.15) is 0 Å². The zero-order valence-electron chi connectivity index (χ0n) is 10.6. The molecular weight excluding hydrogens is 224 g/mol. The molecule has 0 spiro atoms. The third-order valence-electron chi connectivity index (χ3n) is 2.78. The second-order valence-corrected chi connectivity index (χ2v) is 4.70. The van der Waals surface area contributed by atoms with E-state index in [-0.39, 0.29) is 13.2 Å². The molecule has 0 bridgehead atoms. The van der Waals surface area contributed by atoms with E-state index >= 15 is 0 Å². The molecule has 0 atom stereocenters. The van der Waals surface area contributed by atoms with Gasteiger partial charge in [0.1, 0.15) is 5.76 Å². The van der Waals surface area contributed by atoms with Crippen LogP contribution in [0.3, 0.4) is 0 Å². The molecular formula is C11H18N2O4. The summed E-state index contributed by atoms with van der Waals surface area (Å²) in [7, 11) is 1.70.